The number of carbonyl (C=O) groups excluding carboxylic acids is 2. The van der Waals surface area contributed by atoms with Gasteiger partial charge in [-0.1, -0.05) is 31.5 Å². The molecule has 0 spiro atoms. The molecular weight excluding hydrogens is 417 g/mol. The zero-order valence-corrected chi connectivity index (χ0v) is 18.7. The van der Waals surface area contributed by atoms with Gasteiger partial charge in [-0.15, -0.1) is 0 Å². The molecule has 8 heteroatoms. The Balaban J connectivity index is 1.77. The third-order valence-corrected chi connectivity index (χ3v) is 6.32. The number of aryl methyl sites for hydroxylation is 1. The van der Waals surface area contributed by atoms with Gasteiger partial charge >= 0.3 is 11.9 Å². The molecule has 3 atom stereocenters. The SMILES string of the molecule is COc1ccc(C)cc1C1(C(=O)O[C@H]2C(=O)OCC2(C)C)CC1c1cnc(OC)c(F)c1. The van der Waals surface area contributed by atoms with E-state index >= 15 is 0 Å². The lowest BCUT2D eigenvalue weighted by molar-refractivity contribution is -0.165. The van der Waals surface area contributed by atoms with Crippen LogP contribution < -0.4 is 9.47 Å². The first kappa shape index (κ1) is 22.0. The fraction of sp³-hybridized carbons (Fsp3) is 0.458. The van der Waals surface area contributed by atoms with Gasteiger partial charge < -0.3 is 18.9 Å². The third kappa shape index (κ3) is 3.47. The van der Waals surface area contributed by atoms with Crippen LogP contribution in [0.15, 0.2) is 30.5 Å². The minimum absolute atomic E-state index is 0.119. The lowest BCUT2D eigenvalue weighted by Gasteiger charge is -2.26. The van der Waals surface area contributed by atoms with Crippen LogP contribution >= 0.6 is 0 Å². The normalized spacial score (nSPS) is 25.8. The van der Waals surface area contributed by atoms with Crippen LogP contribution in [0, 0.1) is 18.2 Å². The second-order valence-corrected chi connectivity index (χ2v) is 9.07. The summed E-state index contributed by atoms with van der Waals surface area (Å²) in [4.78, 5) is 29.9. The predicted octanol–water partition coefficient (Wildman–Crippen LogP) is 3.47. The number of hydrogen-bond donors (Lipinski definition) is 0. The smallest absolute Gasteiger partial charge is 0.348 e. The fourth-order valence-corrected chi connectivity index (χ4v) is 4.40. The van der Waals surface area contributed by atoms with E-state index in [-0.39, 0.29) is 12.5 Å². The van der Waals surface area contributed by atoms with Crippen molar-refractivity contribution in [1.82, 2.24) is 4.98 Å². The summed E-state index contributed by atoms with van der Waals surface area (Å²) in [6.45, 7) is 5.69. The Morgan fingerprint density at radius 3 is 2.56 bits per heavy atom. The first-order valence-electron chi connectivity index (χ1n) is 10.4. The van der Waals surface area contributed by atoms with Crippen molar-refractivity contribution < 1.29 is 32.9 Å². The van der Waals surface area contributed by atoms with Crippen molar-refractivity contribution in [3.8, 4) is 11.6 Å². The number of nitrogens with zero attached hydrogens (tertiary/aromatic N) is 1. The lowest BCUT2D eigenvalue weighted by atomic mass is 9.87. The first-order valence-corrected chi connectivity index (χ1v) is 10.4. The highest BCUT2D eigenvalue weighted by atomic mass is 19.1. The van der Waals surface area contributed by atoms with Crippen molar-refractivity contribution in [2.75, 3.05) is 20.8 Å². The van der Waals surface area contributed by atoms with Crippen molar-refractivity contribution in [3.05, 3.63) is 53.0 Å². The number of rotatable bonds is 6. The molecule has 1 saturated heterocycles. The molecule has 1 saturated carbocycles. The van der Waals surface area contributed by atoms with E-state index in [0.717, 1.165) is 5.56 Å². The summed E-state index contributed by atoms with van der Waals surface area (Å²) >= 11 is 0. The number of cyclic esters (lactones) is 1. The van der Waals surface area contributed by atoms with Crippen molar-refractivity contribution in [1.29, 1.82) is 0 Å². The van der Waals surface area contributed by atoms with Gasteiger partial charge in [-0.05, 0) is 31.0 Å². The maximum absolute atomic E-state index is 14.4. The Kier molecular flexibility index (Phi) is 5.35. The highest BCUT2D eigenvalue weighted by Crippen LogP contribution is 2.63. The summed E-state index contributed by atoms with van der Waals surface area (Å²) in [6, 6.07) is 6.85. The molecule has 1 aliphatic heterocycles. The Morgan fingerprint density at radius 1 is 1.22 bits per heavy atom. The molecule has 4 rings (SSSR count). The van der Waals surface area contributed by atoms with Gasteiger partial charge in [0.15, 0.2) is 5.82 Å². The van der Waals surface area contributed by atoms with E-state index in [1.54, 1.807) is 6.07 Å². The van der Waals surface area contributed by atoms with E-state index in [9.17, 15) is 14.0 Å². The Bertz CT molecular complexity index is 1080. The molecular formula is C24H26FNO6. The standard InChI is InChI=1S/C24H26FNO6/c1-13-6-7-18(29-4)15(8-13)24(22(28)32-19-21(27)31-12-23(19,2)3)10-16(24)14-9-17(25)20(30-5)26-11-14/h6-9,11,16,19H,10,12H2,1-5H3/t16?,19-,24?/m0/s1. The molecule has 0 radical (unpaired) electrons. The van der Waals surface area contributed by atoms with Gasteiger partial charge in [0.25, 0.3) is 0 Å². The Hall–Kier alpha value is -3.16. The van der Waals surface area contributed by atoms with Crippen LogP contribution in [-0.4, -0.2) is 43.9 Å². The molecule has 32 heavy (non-hydrogen) atoms. The molecule has 7 nitrogen and oxygen atoms in total. The van der Waals surface area contributed by atoms with Gasteiger partial charge in [0.2, 0.25) is 12.0 Å². The highest BCUT2D eigenvalue weighted by molar-refractivity contribution is 5.92. The van der Waals surface area contributed by atoms with Crippen LogP contribution in [0.3, 0.4) is 0 Å². The molecule has 0 N–H and O–H groups in total. The average Bonchev–Trinajstić information content (AvgIpc) is 3.47. The highest BCUT2D eigenvalue weighted by Gasteiger charge is 2.65. The van der Waals surface area contributed by atoms with E-state index in [0.29, 0.717) is 23.3 Å². The lowest BCUT2D eigenvalue weighted by Crippen LogP contribution is -2.39. The molecule has 1 aromatic carbocycles. The predicted molar refractivity (Wildman–Crippen MR) is 112 cm³/mol. The van der Waals surface area contributed by atoms with Gasteiger partial charge in [0.05, 0.1) is 14.2 Å². The van der Waals surface area contributed by atoms with Gasteiger partial charge in [0.1, 0.15) is 17.8 Å². The number of benzene rings is 1. The third-order valence-electron chi connectivity index (χ3n) is 6.32. The molecule has 0 amide bonds. The van der Waals surface area contributed by atoms with Gasteiger partial charge in [-0.3, -0.25) is 4.79 Å². The summed E-state index contributed by atoms with van der Waals surface area (Å²) in [5.74, 6) is -1.75. The van der Waals surface area contributed by atoms with Gasteiger partial charge in [-0.25, -0.2) is 14.2 Å². The fourth-order valence-electron chi connectivity index (χ4n) is 4.40. The summed E-state index contributed by atoms with van der Waals surface area (Å²) in [5.41, 5.74) is 0.313. The largest absolute Gasteiger partial charge is 0.496 e. The van der Waals surface area contributed by atoms with E-state index in [4.69, 9.17) is 18.9 Å². The first-order chi connectivity index (χ1) is 15.1. The summed E-state index contributed by atoms with van der Waals surface area (Å²) in [5, 5.41) is 0. The van der Waals surface area contributed by atoms with Crippen LogP contribution in [0.5, 0.6) is 11.6 Å². The maximum atomic E-state index is 14.4. The maximum Gasteiger partial charge on any atom is 0.348 e. The minimum atomic E-state index is -1.14. The van der Waals surface area contributed by atoms with Gasteiger partial charge in [0, 0.05) is 23.1 Å². The molecule has 0 bridgehead atoms. The zero-order valence-electron chi connectivity index (χ0n) is 18.7. The molecule has 1 aromatic heterocycles. The van der Waals surface area contributed by atoms with Crippen LogP contribution in [0.25, 0.3) is 0 Å². The van der Waals surface area contributed by atoms with Crippen LogP contribution in [0.4, 0.5) is 4.39 Å². The average molecular weight is 443 g/mol. The van der Waals surface area contributed by atoms with E-state index in [2.05, 4.69) is 4.98 Å². The number of ether oxygens (including phenoxy) is 4. The van der Waals surface area contributed by atoms with Crippen LogP contribution in [0.2, 0.25) is 0 Å². The minimum Gasteiger partial charge on any atom is -0.496 e. The van der Waals surface area contributed by atoms with E-state index < -0.39 is 40.6 Å². The molecule has 2 aliphatic rings. The molecule has 2 heterocycles. The number of methoxy groups -OCH3 is 2. The number of hydrogen-bond acceptors (Lipinski definition) is 7. The quantitative estimate of drug-likeness (QED) is 0.632. The van der Waals surface area contributed by atoms with E-state index in [1.165, 1.54) is 26.5 Å². The Morgan fingerprint density at radius 2 is 1.97 bits per heavy atom. The van der Waals surface area contributed by atoms with Crippen molar-refractivity contribution in [2.24, 2.45) is 5.41 Å². The number of esters is 2. The summed E-state index contributed by atoms with van der Waals surface area (Å²) in [7, 11) is 2.86. The number of aromatic nitrogens is 1. The number of pyridine rings is 1. The topological polar surface area (TPSA) is 84.0 Å². The van der Waals surface area contributed by atoms with Crippen molar-refractivity contribution in [2.45, 2.75) is 44.6 Å². The molecule has 2 unspecified atom stereocenters. The number of halogens is 1. The van der Waals surface area contributed by atoms with Crippen LogP contribution in [-0.2, 0) is 24.5 Å². The molecule has 1 aliphatic carbocycles. The second-order valence-electron chi connectivity index (χ2n) is 9.07. The second kappa shape index (κ2) is 7.76. The van der Waals surface area contributed by atoms with Crippen LogP contribution in [0.1, 0.15) is 42.9 Å². The van der Waals surface area contributed by atoms with Gasteiger partial charge in [-0.2, -0.15) is 0 Å². The van der Waals surface area contributed by atoms with E-state index in [1.807, 2.05) is 32.9 Å². The van der Waals surface area contributed by atoms with Crippen molar-refractivity contribution >= 4 is 11.9 Å². The Labute approximate surface area is 185 Å². The molecule has 2 fully saturated rings. The summed E-state index contributed by atoms with van der Waals surface area (Å²) in [6.07, 6.45) is 0.841. The monoisotopic (exact) mass is 443 g/mol. The molecule has 170 valence electrons. The number of carbonyl (C=O) groups is 2. The summed E-state index contributed by atoms with van der Waals surface area (Å²) < 4.78 is 35.8. The molecule has 2 aromatic rings. The van der Waals surface area contributed by atoms with Crippen molar-refractivity contribution in [3.63, 3.8) is 0 Å². The zero-order chi connectivity index (χ0) is 23.3.